The molecule has 1 aliphatic rings. The first-order chi connectivity index (χ1) is 11.0. The van der Waals surface area contributed by atoms with Crippen molar-refractivity contribution in [3.63, 3.8) is 0 Å². The number of carbonyl (C=O) groups is 1. The second-order valence-corrected chi connectivity index (χ2v) is 7.00. The molecule has 0 unspecified atom stereocenters. The molecule has 7 heteroatoms. The highest BCUT2D eigenvalue weighted by molar-refractivity contribution is 7.06. The molecule has 0 atom stereocenters. The maximum Gasteiger partial charge on any atom is 0.335 e. The Balaban J connectivity index is 1.77. The van der Waals surface area contributed by atoms with Crippen molar-refractivity contribution in [1.82, 2.24) is 4.37 Å². The van der Waals surface area contributed by atoms with E-state index in [1.807, 2.05) is 6.92 Å². The van der Waals surface area contributed by atoms with Gasteiger partial charge < -0.3 is 14.9 Å². The van der Waals surface area contributed by atoms with E-state index in [4.69, 9.17) is 16.7 Å². The highest BCUT2D eigenvalue weighted by Crippen LogP contribution is 2.31. The molecule has 5 nitrogen and oxygen atoms in total. The van der Waals surface area contributed by atoms with Gasteiger partial charge in [-0.05, 0) is 43.6 Å². The minimum atomic E-state index is -0.933. The van der Waals surface area contributed by atoms with Gasteiger partial charge in [0.2, 0.25) is 0 Å². The SMILES string of the molecule is Cc1nsc(C)c1N1CCN(c2cc(C(=O)O)ccc2Cl)CC1. The van der Waals surface area contributed by atoms with Gasteiger partial charge in [-0.15, -0.1) is 0 Å². The highest BCUT2D eigenvalue weighted by Gasteiger charge is 2.23. The van der Waals surface area contributed by atoms with E-state index in [-0.39, 0.29) is 5.56 Å². The number of rotatable bonds is 3. The highest BCUT2D eigenvalue weighted by atomic mass is 35.5. The Morgan fingerprint density at radius 2 is 1.87 bits per heavy atom. The number of carboxylic acids is 1. The van der Waals surface area contributed by atoms with E-state index in [0.29, 0.717) is 5.02 Å². The van der Waals surface area contributed by atoms with Gasteiger partial charge in [0, 0.05) is 31.1 Å². The largest absolute Gasteiger partial charge is 0.478 e. The van der Waals surface area contributed by atoms with Crippen molar-refractivity contribution in [2.45, 2.75) is 13.8 Å². The van der Waals surface area contributed by atoms with Gasteiger partial charge in [0.1, 0.15) is 0 Å². The standard InChI is InChI=1S/C16H18ClN3O2S/c1-10-15(11(2)23-18-10)20-7-5-19(6-8-20)14-9-12(16(21)22)3-4-13(14)17/h3-4,9H,5-8H2,1-2H3,(H,21,22). The molecule has 23 heavy (non-hydrogen) atoms. The van der Waals surface area contributed by atoms with E-state index in [1.165, 1.54) is 28.2 Å². The van der Waals surface area contributed by atoms with Gasteiger partial charge in [-0.1, -0.05) is 11.6 Å². The Hall–Kier alpha value is -1.79. The number of halogens is 1. The van der Waals surface area contributed by atoms with E-state index in [0.717, 1.165) is 37.6 Å². The maximum atomic E-state index is 11.2. The number of piperazine rings is 1. The van der Waals surface area contributed by atoms with E-state index in [9.17, 15) is 4.79 Å². The fraction of sp³-hybridized carbons (Fsp3) is 0.375. The zero-order valence-corrected chi connectivity index (χ0v) is 14.6. The van der Waals surface area contributed by atoms with E-state index in [1.54, 1.807) is 12.1 Å². The van der Waals surface area contributed by atoms with E-state index in [2.05, 4.69) is 21.1 Å². The summed E-state index contributed by atoms with van der Waals surface area (Å²) in [5.41, 5.74) is 3.37. The molecule has 1 N–H and O–H groups in total. The average Bonchev–Trinajstić information content (AvgIpc) is 2.87. The van der Waals surface area contributed by atoms with Crippen molar-refractivity contribution in [3.05, 3.63) is 39.4 Å². The van der Waals surface area contributed by atoms with Crippen molar-refractivity contribution < 1.29 is 9.90 Å². The fourth-order valence-corrected chi connectivity index (χ4v) is 3.95. The van der Waals surface area contributed by atoms with Crippen LogP contribution in [0.15, 0.2) is 18.2 Å². The van der Waals surface area contributed by atoms with Gasteiger partial charge in [0.15, 0.2) is 0 Å². The van der Waals surface area contributed by atoms with Gasteiger partial charge >= 0.3 is 5.97 Å². The van der Waals surface area contributed by atoms with Crippen LogP contribution in [0.2, 0.25) is 5.02 Å². The third kappa shape index (κ3) is 3.14. The minimum Gasteiger partial charge on any atom is -0.478 e. The molecule has 1 aliphatic heterocycles. The molecule has 122 valence electrons. The lowest BCUT2D eigenvalue weighted by Gasteiger charge is -2.37. The number of hydrogen-bond donors (Lipinski definition) is 1. The van der Waals surface area contributed by atoms with Crippen LogP contribution in [-0.2, 0) is 0 Å². The molecular weight excluding hydrogens is 334 g/mol. The number of carboxylic acid groups (broad SMARTS) is 1. The predicted molar refractivity (Wildman–Crippen MR) is 94.4 cm³/mol. The van der Waals surface area contributed by atoms with Crippen LogP contribution < -0.4 is 9.80 Å². The number of aromatic carboxylic acids is 1. The molecule has 2 heterocycles. The number of nitrogens with zero attached hydrogens (tertiary/aromatic N) is 3. The zero-order valence-electron chi connectivity index (χ0n) is 13.0. The number of anilines is 2. The van der Waals surface area contributed by atoms with Crippen molar-refractivity contribution in [2.75, 3.05) is 36.0 Å². The molecule has 0 amide bonds. The molecule has 0 bridgehead atoms. The molecule has 2 aromatic rings. The third-order valence-electron chi connectivity index (χ3n) is 4.13. The Kier molecular flexibility index (Phi) is 4.46. The Bertz CT molecular complexity index is 719. The second-order valence-electron chi connectivity index (χ2n) is 5.62. The summed E-state index contributed by atoms with van der Waals surface area (Å²) in [6.45, 7) is 7.48. The zero-order chi connectivity index (χ0) is 16.6. The molecular formula is C16H18ClN3O2S. The summed E-state index contributed by atoms with van der Waals surface area (Å²) in [5.74, 6) is -0.933. The van der Waals surface area contributed by atoms with Gasteiger partial charge in [0.05, 0.1) is 27.7 Å². The van der Waals surface area contributed by atoms with Gasteiger partial charge in [-0.3, -0.25) is 0 Å². The Morgan fingerprint density at radius 3 is 2.43 bits per heavy atom. The first kappa shape index (κ1) is 16.1. The third-order valence-corrected chi connectivity index (χ3v) is 5.28. The van der Waals surface area contributed by atoms with Crippen LogP contribution >= 0.6 is 23.1 Å². The van der Waals surface area contributed by atoms with Gasteiger partial charge in [-0.25, -0.2) is 4.79 Å². The maximum absolute atomic E-state index is 11.2. The quantitative estimate of drug-likeness (QED) is 0.918. The molecule has 3 rings (SSSR count). The number of aryl methyl sites for hydroxylation is 2. The summed E-state index contributed by atoms with van der Waals surface area (Å²) in [7, 11) is 0. The normalized spacial score (nSPS) is 15.1. The monoisotopic (exact) mass is 351 g/mol. The van der Waals surface area contributed by atoms with Gasteiger partial charge in [-0.2, -0.15) is 4.37 Å². The predicted octanol–water partition coefficient (Wildman–Crippen LogP) is 3.44. The van der Waals surface area contributed by atoms with Crippen molar-refractivity contribution in [3.8, 4) is 0 Å². The van der Waals surface area contributed by atoms with Crippen LogP contribution in [0, 0.1) is 13.8 Å². The first-order valence-corrected chi connectivity index (χ1v) is 8.58. The van der Waals surface area contributed by atoms with Crippen LogP contribution in [0.5, 0.6) is 0 Å². The van der Waals surface area contributed by atoms with Crippen molar-refractivity contribution in [1.29, 1.82) is 0 Å². The summed E-state index contributed by atoms with van der Waals surface area (Å²) in [6.07, 6.45) is 0. The van der Waals surface area contributed by atoms with Crippen molar-refractivity contribution >= 4 is 40.5 Å². The summed E-state index contributed by atoms with van der Waals surface area (Å²) >= 11 is 7.80. The second kappa shape index (κ2) is 6.37. The van der Waals surface area contributed by atoms with Crippen molar-refractivity contribution in [2.24, 2.45) is 0 Å². The van der Waals surface area contributed by atoms with Crippen LogP contribution in [0.3, 0.4) is 0 Å². The number of benzene rings is 1. The molecule has 1 aromatic carbocycles. The molecule has 1 fully saturated rings. The number of hydrogen-bond acceptors (Lipinski definition) is 5. The first-order valence-electron chi connectivity index (χ1n) is 7.43. The lowest BCUT2D eigenvalue weighted by molar-refractivity contribution is 0.0697. The molecule has 0 saturated carbocycles. The summed E-state index contributed by atoms with van der Waals surface area (Å²) < 4.78 is 4.41. The van der Waals surface area contributed by atoms with Crippen LogP contribution in [0.25, 0.3) is 0 Å². The summed E-state index contributed by atoms with van der Waals surface area (Å²) in [4.78, 5) is 16.9. The molecule has 0 radical (unpaired) electrons. The molecule has 1 saturated heterocycles. The fourth-order valence-electron chi connectivity index (χ4n) is 2.99. The smallest absolute Gasteiger partial charge is 0.335 e. The van der Waals surface area contributed by atoms with Crippen LogP contribution in [0.4, 0.5) is 11.4 Å². The summed E-state index contributed by atoms with van der Waals surface area (Å²) in [5, 5.41) is 9.74. The van der Waals surface area contributed by atoms with Crippen LogP contribution in [0.1, 0.15) is 20.9 Å². The number of aromatic nitrogens is 1. The minimum absolute atomic E-state index is 0.264. The Morgan fingerprint density at radius 1 is 1.22 bits per heavy atom. The lowest BCUT2D eigenvalue weighted by Crippen LogP contribution is -2.47. The lowest BCUT2D eigenvalue weighted by atomic mass is 10.1. The summed E-state index contributed by atoms with van der Waals surface area (Å²) in [6, 6.07) is 4.85. The Labute approximate surface area is 144 Å². The van der Waals surface area contributed by atoms with E-state index >= 15 is 0 Å². The molecule has 0 aliphatic carbocycles. The average molecular weight is 352 g/mol. The topological polar surface area (TPSA) is 56.7 Å². The van der Waals surface area contributed by atoms with Gasteiger partial charge in [0.25, 0.3) is 0 Å². The van der Waals surface area contributed by atoms with E-state index < -0.39 is 5.97 Å². The molecule has 1 aromatic heterocycles. The molecule has 0 spiro atoms. The van der Waals surface area contributed by atoms with Crippen LogP contribution in [-0.4, -0.2) is 41.6 Å².